The fourth-order valence-corrected chi connectivity index (χ4v) is 2.29. The van der Waals surface area contributed by atoms with Crippen LogP contribution in [0.3, 0.4) is 0 Å². The average molecular weight is 301 g/mol. The fraction of sp³-hybridized carbons (Fsp3) is 0.938. The Bertz CT molecular complexity index is 286. The summed E-state index contributed by atoms with van der Waals surface area (Å²) in [7, 11) is 0. The molecule has 0 fully saturated rings. The zero-order chi connectivity index (χ0) is 16.5. The van der Waals surface area contributed by atoms with Crippen molar-refractivity contribution in [3.8, 4) is 0 Å². The Morgan fingerprint density at radius 3 is 2.19 bits per heavy atom. The first-order chi connectivity index (χ1) is 9.77. The molecule has 21 heavy (non-hydrogen) atoms. The quantitative estimate of drug-likeness (QED) is 0.687. The van der Waals surface area contributed by atoms with E-state index in [9.17, 15) is 4.79 Å². The van der Waals surface area contributed by atoms with Gasteiger partial charge in [-0.2, -0.15) is 0 Å². The largest absolute Gasteiger partial charge is 0.444 e. The smallest absolute Gasteiger partial charge is 0.407 e. The zero-order valence-electron chi connectivity index (χ0n) is 14.7. The van der Waals surface area contributed by atoms with Crippen molar-refractivity contribution in [1.82, 2.24) is 10.2 Å². The maximum absolute atomic E-state index is 11.7. The van der Waals surface area contributed by atoms with Crippen LogP contribution in [0.5, 0.6) is 0 Å². The van der Waals surface area contributed by atoms with E-state index in [1.54, 1.807) is 0 Å². The standard InChI is InChI=1S/C16H35N3O2/c1-7-13(8-2)12-19(9-3)14(10-17)11-18-15(20)21-16(4,5)6/h13-14H,7-12,17H2,1-6H3,(H,18,20). The molecule has 0 saturated heterocycles. The monoisotopic (exact) mass is 301 g/mol. The van der Waals surface area contributed by atoms with E-state index in [1.807, 2.05) is 20.8 Å². The van der Waals surface area contributed by atoms with Gasteiger partial charge in [0.05, 0.1) is 0 Å². The number of hydrogen-bond acceptors (Lipinski definition) is 4. The van der Waals surface area contributed by atoms with Gasteiger partial charge in [-0.3, -0.25) is 4.90 Å². The maximum Gasteiger partial charge on any atom is 0.407 e. The first-order valence-corrected chi connectivity index (χ1v) is 8.18. The molecule has 0 aliphatic rings. The number of carbonyl (C=O) groups excluding carboxylic acids is 1. The minimum absolute atomic E-state index is 0.156. The molecule has 126 valence electrons. The summed E-state index contributed by atoms with van der Waals surface area (Å²) in [5.41, 5.74) is 5.42. The number of ether oxygens (including phenoxy) is 1. The topological polar surface area (TPSA) is 67.6 Å². The molecule has 1 amide bonds. The summed E-state index contributed by atoms with van der Waals surface area (Å²) in [5, 5.41) is 2.83. The van der Waals surface area contributed by atoms with Crippen LogP contribution in [-0.2, 0) is 4.74 Å². The van der Waals surface area contributed by atoms with Gasteiger partial charge in [-0.25, -0.2) is 4.79 Å². The average Bonchev–Trinajstić information content (AvgIpc) is 2.40. The maximum atomic E-state index is 11.7. The van der Waals surface area contributed by atoms with E-state index in [-0.39, 0.29) is 12.1 Å². The van der Waals surface area contributed by atoms with Gasteiger partial charge in [0, 0.05) is 25.7 Å². The number of carbonyl (C=O) groups is 1. The molecule has 0 aromatic heterocycles. The van der Waals surface area contributed by atoms with Gasteiger partial charge < -0.3 is 15.8 Å². The summed E-state index contributed by atoms with van der Waals surface area (Å²) < 4.78 is 5.26. The lowest BCUT2D eigenvalue weighted by molar-refractivity contribution is 0.0505. The Hall–Kier alpha value is -0.810. The predicted octanol–water partition coefficient (Wildman–Crippen LogP) is 2.60. The predicted molar refractivity (Wildman–Crippen MR) is 88.4 cm³/mol. The van der Waals surface area contributed by atoms with Gasteiger partial charge in [0.1, 0.15) is 5.60 Å². The Morgan fingerprint density at radius 1 is 1.24 bits per heavy atom. The molecule has 0 heterocycles. The highest BCUT2D eigenvalue weighted by atomic mass is 16.6. The number of rotatable bonds is 9. The molecule has 0 aliphatic carbocycles. The minimum Gasteiger partial charge on any atom is -0.444 e. The number of nitrogens with zero attached hydrogens (tertiary/aromatic N) is 1. The second kappa shape index (κ2) is 10.0. The molecule has 0 aromatic carbocycles. The van der Waals surface area contributed by atoms with Crippen molar-refractivity contribution in [2.45, 2.75) is 66.0 Å². The van der Waals surface area contributed by atoms with Crippen LogP contribution >= 0.6 is 0 Å². The number of alkyl carbamates (subject to hydrolysis) is 1. The third-order valence-electron chi connectivity index (χ3n) is 3.72. The highest BCUT2D eigenvalue weighted by Gasteiger charge is 2.21. The van der Waals surface area contributed by atoms with Crippen LogP contribution < -0.4 is 11.1 Å². The summed E-state index contributed by atoms with van der Waals surface area (Å²) in [5.74, 6) is 0.681. The molecule has 5 nitrogen and oxygen atoms in total. The van der Waals surface area contributed by atoms with E-state index >= 15 is 0 Å². The minimum atomic E-state index is -0.470. The molecule has 1 unspecified atom stereocenters. The Morgan fingerprint density at radius 2 is 1.81 bits per heavy atom. The van der Waals surface area contributed by atoms with E-state index in [1.165, 1.54) is 12.8 Å². The van der Waals surface area contributed by atoms with Crippen LogP contribution in [0.25, 0.3) is 0 Å². The number of nitrogens with one attached hydrogen (secondary N) is 1. The molecule has 0 bridgehead atoms. The normalized spacial score (nSPS) is 13.6. The second-order valence-corrected chi connectivity index (χ2v) is 6.54. The van der Waals surface area contributed by atoms with Crippen molar-refractivity contribution in [3.05, 3.63) is 0 Å². The zero-order valence-corrected chi connectivity index (χ0v) is 14.7. The van der Waals surface area contributed by atoms with Crippen molar-refractivity contribution in [3.63, 3.8) is 0 Å². The van der Waals surface area contributed by atoms with E-state index in [4.69, 9.17) is 10.5 Å². The van der Waals surface area contributed by atoms with E-state index in [2.05, 4.69) is 31.0 Å². The van der Waals surface area contributed by atoms with Crippen LogP contribution in [0, 0.1) is 5.92 Å². The van der Waals surface area contributed by atoms with Gasteiger partial charge in [-0.05, 0) is 33.2 Å². The molecule has 0 aromatic rings. The van der Waals surface area contributed by atoms with Gasteiger partial charge in [0.15, 0.2) is 0 Å². The molecule has 3 N–H and O–H groups in total. The highest BCUT2D eigenvalue weighted by Crippen LogP contribution is 2.12. The summed E-state index contributed by atoms with van der Waals surface area (Å²) in [6, 6.07) is 0.156. The summed E-state index contributed by atoms with van der Waals surface area (Å²) in [6.45, 7) is 15.2. The highest BCUT2D eigenvalue weighted by molar-refractivity contribution is 5.67. The first kappa shape index (κ1) is 20.2. The molecular weight excluding hydrogens is 266 g/mol. The molecular formula is C16H35N3O2. The summed E-state index contributed by atoms with van der Waals surface area (Å²) in [6.07, 6.45) is 1.97. The first-order valence-electron chi connectivity index (χ1n) is 8.18. The van der Waals surface area contributed by atoms with Gasteiger partial charge in [-0.1, -0.05) is 33.6 Å². The van der Waals surface area contributed by atoms with Crippen molar-refractivity contribution in [1.29, 1.82) is 0 Å². The molecule has 0 aliphatic heterocycles. The molecule has 0 radical (unpaired) electrons. The van der Waals surface area contributed by atoms with Crippen molar-refractivity contribution >= 4 is 6.09 Å². The van der Waals surface area contributed by atoms with Gasteiger partial charge in [0.2, 0.25) is 0 Å². The van der Waals surface area contributed by atoms with Gasteiger partial charge in [-0.15, -0.1) is 0 Å². The lowest BCUT2D eigenvalue weighted by Gasteiger charge is -2.33. The number of amides is 1. The van der Waals surface area contributed by atoms with Crippen LogP contribution in [0.1, 0.15) is 54.4 Å². The Kier molecular flexibility index (Phi) is 9.62. The van der Waals surface area contributed by atoms with Crippen LogP contribution in [-0.4, -0.2) is 48.8 Å². The SMILES string of the molecule is CCC(CC)CN(CC)C(CN)CNC(=O)OC(C)(C)C. The van der Waals surface area contributed by atoms with Gasteiger partial charge in [0.25, 0.3) is 0 Å². The van der Waals surface area contributed by atoms with Gasteiger partial charge >= 0.3 is 6.09 Å². The van der Waals surface area contributed by atoms with E-state index in [0.29, 0.717) is 19.0 Å². The third-order valence-corrected chi connectivity index (χ3v) is 3.72. The van der Waals surface area contributed by atoms with Crippen molar-refractivity contribution in [2.24, 2.45) is 11.7 Å². The molecule has 0 saturated carbocycles. The van der Waals surface area contributed by atoms with Crippen molar-refractivity contribution in [2.75, 3.05) is 26.2 Å². The fourth-order valence-electron chi connectivity index (χ4n) is 2.29. The van der Waals surface area contributed by atoms with E-state index < -0.39 is 5.60 Å². The molecule has 0 rings (SSSR count). The second-order valence-electron chi connectivity index (χ2n) is 6.54. The lowest BCUT2D eigenvalue weighted by Crippen LogP contribution is -2.50. The molecule has 0 spiro atoms. The van der Waals surface area contributed by atoms with Crippen molar-refractivity contribution < 1.29 is 9.53 Å². The Labute approximate surface area is 130 Å². The van der Waals surface area contributed by atoms with Crippen LogP contribution in [0.4, 0.5) is 4.79 Å². The van der Waals surface area contributed by atoms with E-state index in [0.717, 1.165) is 13.1 Å². The summed E-state index contributed by atoms with van der Waals surface area (Å²) >= 11 is 0. The molecule has 5 heteroatoms. The summed E-state index contributed by atoms with van der Waals surface area (Å²) in [4.78, 5) is 14.1. The Balaban J connectivity index is 4.42. The van der Waals surface area contributed by atoms with Crippen LogP contribution in [0.15, 0.2) is 0 Å². The number of likely N-dealkylation sites (N-methyl/N-ethyl adjacent to an activating group) is 1. The third kappa shape index (κ3) is 8.94. The molecule has 1 atom stereocenters. The van der Waals surface area contributed by atoms with Crippen LogP contribution in [0.2, 0.25) is 0 Å². The number of nitrogens with two attached hydrogens (primary N) is 1. The number of hydrogen-bond donors (Lipinski definition) is 2. The lowest BCUT2D eigenvalue weighted by atomic mass is 10.0.